The molecule has 0 amide bonds. The summed E-state index contributed by atoms with van der Waals surface area (Å²) in [6.45, 7) is 11.0. The Balaban J connectivity index is 0.000000178. The number of nitrogens with zero attached hydrogens (tertiary/aromatic N) is 3. The van der Waals surface area contributed by atoms with Crippen molar-refractivity contribution in [2.24, 2.45) is 7.05 Å². The van der Waals surface area contributed by atoms with Crippen LogP contribution in [0.4, 0.5) is 0 Å². The molecule has 8 aromatic rings. The molecule has 0 aliphatic rings. The van der Waals surface area contributed by atoms with E-state index in [-0.39, 0.29) is 25.5 Å². The maximum absolute atomic E-state index is 4.63. The number of aromatic nitrogens is 3. The van der Waals surface area contributed by atoms with Gasteiger partial charge in [-0.15, -0.1) is 71.3 Å². The molecule has 4 heteroatoms. The van der Waals surface area contributed by atoms with Crippen molar-refractivity contribution >= 4 is 10.8 Å². The SMILES string of the molecule is CC(C)(C)c1ccc(-c2cc[c-]c(-c3cc4ccccc4cn3)c2)cc1.Cc1cc(C)cc(-c2ccc(-c3cnc(-c4[c-]cccc4)n3C)cc2)c1.[Ir]. The van der Waals surface area contributed by atoms with Crippen molar-refractivity contribution in [3.8, 4) is 56.2 Å². The van der Waals surface area contributed by atoms with Crippen molar-refractivity contribution in [3.63, 3.8) is 0 Å². The Bertz CT molecular complexity index is 2430. The molecule has 0 bridgehead atoms. The Morgan fingerprint density at radius 2 is 1.15 bits per heavy atom. The van der Waals surface area contributed by atoms with Crippen molar-refractivity contribution in [1.82, 2.24) is 14.5 Å². The molecule has 0 atom stereocenters. The third-order valence-electron chi connectivity index (χ3n) is 9.47. The standard InChI is InChI=1S/C25H22N.C24H21N2.Ir/c1-25(2,3)23-13-11-18(12-14-23)19-9-6-10-21(15-19)24-16-20-7-4-5-8-22(20)17-26-24;1-17-13-18(2)15-22(14-17)19-9-11-20(12-10-19)23-16-25-24(26(23)3)21-7-5-4-6-8-21;/h4-9,11-17H,1-3H3;4-7,9-16H,1-3H3;/q2*-1;. The van der Waals surface area contributed by atoms with Crippen molar-refractivity contribution < 1.29 is 20.1 Å². The number of pyridine rings is 1. The van der Waals surface area contributed by atoms with E-state index in [2.05, 4.69) is 171 Å². The van der Waals surface area contributed by atoms with Gasteiger partial charge >= 0.3 is 0 Å². The van der Waals surface area contributed by atoms with E-state index in [4.69, 9.17) is 0 Å². The molecule has 6 aromatic carbocycles. The molecule has 0 N–H and O–H groups in total. The zero-order valence-corrected chi connectivity index (χ0v) is 33.5. The summed E-state index contributed by atoms with van der Waals surface area (Å²) in [5.41, 5.74) is 14.3. The fourth-order valence-electron chi connectivity index (χ4n) is 6.62. The zero-order chi connectivity index (χ0) is 36.2. The number of aryl methyl sites for hydroxylation is 2. The number of hydrogen-bond acceptors (Lipinski definition) is 2. The molecular weight excluding hydrogens is 823 g/mol. The van der Waals surface area contributed by atoms with Gasteiger partial charge in [0.2, 0.25) is 0 Å². The molecule has 1 radical (unpaired) electrons. The van der Waals surface area contributed by atoms with Gasteiger partial charge in [0.15, 0.2) is 0 Å². The molecule has 2 aromatic heterocycles. The molecule has 0 saturated carbocycles. The Kier molecular flexibility index (Phi) is 11.3. The van der Waals surface area contributed by atoms with E-state index in [9.17, 15) is 0 Å². The van der Waals surface area contributed by atoms with Gasteiger partial charge < -0.3 is 9.55 Å². The average molecular weight is 866 g/mol. The third kappa shape index (κ3) is 8.63. The van der Waals surface area contributed by atoms with Crippen LogP contribution < -0.4 is 0 Å². The maximum atomic E-state index is 4.63. The first kappa shape index (κ1) is 37.3. The third-order valence-corrected chi connectivity index (χ3v) is 9.47. The van der Waals surface area contributed by atoms with E-state index in [1.54, 1.807) is 0 Å². The summed E-state index contributed by atoms with van der Waals surface area (Å²) in [5.74, 6) is 0.930. The summed E-state index contributed by atoms with van der Waals surface area (Å²) in [7, 11) is 2.05. The molecule has 53 heavy (non-hydrogen) atoms. The van der Waals surface area contributed by atoms with E-state index in [0.717, 1.165) is 39.3 Å². The second-order valence-electron chi connectivity index (χ2n) is 14.5. The van der Waals surface area contributed by atoms with Gasteiger partial charge in [0, 0.05) is 39.5 Å². The number of benzene rings is 6. The number of imidazole rings is 1. The Morgan fingerprint density at radius 1 is 0.528 bits per heavy atom. The Morgan fingerprint density at radius 3 is 1.83 bits per heavy atom. The van der Waals surface area contributed by atoms with Crippen LogP contribution in [0.15, 0.2) is 152 Å². The summed E-state index contributed by atoms with van der Waals surface area (Å²) >= 11 is 0. The topological polar surface area (TPSA) is 30.7 Å². The molecule has 8 rings (SSSR count). The average Bonchev–Trinajstić information content (AvgIpc) is 3.55. The van der Waals surface area contributed by atoms with Crippen LogP contribution in [0.5, 0.6) is 0 Å². The van der Waals surface area contributed by atoms with Crippen LogP contribution in [0.1, 0.15) is 37.5 Å². The van der Waals surface area contributed by atoms with Crippen molar-refractivity contribution in [2.75, 3.05) is 0 Å². The molecule has 0 saturated heterocycles. The van der Waals surface area contributed by atoms with Gasteiger partial charge in [0.1, 0.15) is 0 Å². The molecule has 3 nitrogen and oxygen atoms in total. The predicted molar refractivity (Wildman–Crippen MR) is 218 cm³/mol. The van der Waals surface area contributed by atoms with E-state index >= 15 is 0 Å². The monoisotopic (exact) mass is 866 g/mol. The van der Waals surface area contributed by atoms with Crippen LogP contribution in [-0.4, -0.2) is 14.5 Å². The maximum Gasteiger partial charge on any atom is 0.0587 e. The molecule has 0 aliphatic heterocycles. The van der Waals surface area contributed by atoms with E-state index in [0.29, 0.717) is 0 Å². The molecule has 2 heterocycles. The Hall–Kier alpha value is -5.41. The van der Waals surface area contributed by atoms with E-state index in [1.807, 2.05) is 48.8 Å². The summed E-state index contributed by atoms with van der Waals surface area (Å²) < 4.78 is 2.12. The quantitative estimate of drug-likeness (QED) is 0.161. The fourth-order valence-corrected chi connectivity index (χ4v) is 6.62. The first-order chi connectivity index (χ1) is 25.1. The molecule has 265 valence electrons. The summed E-state index contributed by atoms with van der Waals surface area (Å²) in [6.07, 6.45) is 3.87. The minimum atomic E-state index is 0. The van der Waals surface area contributed by atoms with Crippen molar-refractivity contribution in [1.29, 1.82) is 0 Å². The smallest absolute Gasteiger partial charge is 0.0587 e. The van der Waals surface area contributed by atoms with Gasteiger partial charge in [0.05, 0.1) is 11.5 Å². The van der Waals surface area contributed by atoms with Crippen LogP contribution in [0.3, 0.4) is 0 Å². The van der Waals surface area contributed by atoms with Crippen LogP contribution in [0.25, 0.3) is 66.9 Å². The number of fused-ring (bicyclic) bond motifs is 1. The van der Waals surface area contributed by atoms with Crippen LogP contribution in [0.2, 0.25) is 0 Å². The minimum absolute atomic E-state index is 0. The predicted octanol–water partition coefficient (Wildman–Crippen LogP) is 12.5. The van der Waals surface area contributed by atoms with Crippen molar-refractivity contribution in [3.05, 3.63) is 181 Å². The van der Waals surface area contributed by atoms with Crippen molar-refractivity contribution in [2.45, 2.75) is 40.0 Å². The summed E-state index contributed by atoms with van der Waals surface area (Å²) in [6, 6.07) is 55.4. The van der Waals surface area contributed by atoms with E-state index in [1.165, 1.54) is 44.3 Å². The normalized spacial score (nSPS) is 11.1. The Labute approximate surface area is 327 Å². The molecule has 0 fully saturated rings. The molecule has 0 spiro atoms. The first-order valence-electron chi connectivity index (χ1n) is 17.8. The van der Waals surface area contributed by atoms with Crippen LogP contribution in [-0.2, 0) is 32.6 Å². The first-order valence-corrected chi connectivity index (χ1v) is 17.8. The van der Waals surface area contributed by atoms with Gasteiger partial charge in [0.25, 0.3) is 0 Å². The minimum Gasteiger partial charge on any atom is -0.367 e. The fraction of sp³-hybridized carbons (Fsp3) is 0.143. The van der Waals surface area contributed by atoms with Gasteiger partial charge in [-0.3, -0.25) is 4.98 Å². The molecule has 0 unspecified atom stereocenters. The second kappa shape index (κ2) is 16.1. The molecular formula is C49H43IrN3-2. The second-order valence-corrected chi connectivity index (χ2v) is 14.5. The summed E-state index contributed by atoms with van der Waals surface area (Å²) in [5, 5.41) is 2.36. The summed E-state index contributed by atoms with van der Waals surface area (Å²) in [4.78, 5) is 9.22. The zero-order valence-electron chi connectivity index (χ0n) is 31.1. The van der Waals surface area contributed by atoms with Gasteiger partial charge in [-0.1, -0.05) is 129 Å². The van der Waals surface area contributed by atoms with Gasteiger partial charge in [-0.25, -0.2) is 0 Å². The van der Waals surface area contributed by atoms with Crippen LogP contribution >= 0.6 is 0 Å². The molecule has 0 aliphatic carbocycles. The number of hydrogen-bond donors (Lipinski definition) is 0. The van der Waals surface area contributed by atoms with E-state index < -0.39 is 0 Å². The van der Waals surface area contributed by atoms with Crippen LogP contribution in [0, 0.1) is 26.0 Å². The van der Waals surface area contributed by atoms with Gasteiger partial charge in [-0.2, -0.15) is 0 Å². The number of rotatable bonds is 5. The largest absolute Gasteiger partial charge is 0.367 e. The van der Waals surface area contributed by atoms with Gasteiger partial charge in [-0.05, 0) is 63.5 Å².